The fourth-order valence-electron chi connectivity index (χ4n) is 2.57. The number of anilines is 1. The highest BCUT2D eigenvalue weighted by molar-refractivity contribution is 7.09. The number of aromatic nitrogens is 2. The smallest absolute Gasteiger partial charge is 0.234 e. The lowest BCUT2D eigenvalue weighted by atomic mass is 10.2. The van der Waals surface area contributed by atoms with Crippen molar-refractivity contribution >= 4 is 22.6 Å². The monoisotopic (exact) mass is 349 g/mol. The first-order valence-electron chi connectivity index (χ1n) is 7.89. The molecule has 3 rings (SSSR count). The van der Waals surface area contributed by atoms with Gasteiger partial charge in [0.05, 0.1) is 6.54 Å². The molecule has 1 amide bonds. The van der Waals surface area contributed by atoms with E-state index in [1.165, 1.54) is 23.7 Å². The summed E-state index contributed by atoms with van der Waals surface area (Å²) >= 11 is 1.42. The van der Waals surface area contributed by atoms with Gasteiger partial charge < -0.3 is 10.2 Å². The van der Waals surface area contributed by atoms with E-state index in [9.17, 15) is 9.18 Å². The number of carbonyl (C=O) groups is 1. The van der Waals surface area contributed by atoms with E-state index in [1.807, 2.05) is 6.92 Å². The molecule has 128 valence electrons. The summed E-state index contributed by atoms with van der Waals surface area (Å²) < 4.78 is 17.1. The molecule has 24 heavy (non-hydrogen) atoms. The Balaban J connectivity index is 1.40. The Morgan fingerprint density at radius 1 is 1.25 bits per heavy atom. The van der Waals surface area contributed by atoms with Crippen molar-refractivity contribution < 1.29 is 9.18 Å². The van der Waals surface area contributed by atoms with E-state index in [-0.39, 0.29) is 11.7 Å². The molecule has 1 aromatic carbocycles. The molecule has 1 fully saturated rings. The van der Waals surface area contributed by atoms with E-state index in [0.717, 1.165) is 42.7 Å². The lowest BCUT2D eigenvalue weighted by Gasteiger charge is -2.33. The van der Waals surface area contributed by atoms with Crippen molar-refractivity contribution in [2.45, 2.75) is 13.5 Å². The average molecular weight is 349 g/mol. The molecule has 0 radical (unpaired) electrons. The number of carbonyl (C=O) groups excluding carboxylic acids is 1. The number of rotatable bonds is 5. The van der Waals surface area contributed by atoms with Crippen molar-refractivity contribution in [1.29, 1.82) is 0 Å². The third-order valence-electron chi connectivity index (χ3n) is 3.93. The number of amides is 1. The molecule has 0 atom stereocenters. The number of halogens is 1. The Labute approximate surface area is 144 Å². The highest BCUT2D eigenvalue weighted by Crippen LogP contribution is 2.18. The minimum absolute atomic E-state index is 0.0143. The molecule has 0 bridgehead atoms. The highest BCUT2D eigenvalue weighted by atomic mass is 32.1. The first kappa shape index (κ1) is 16.8. The van der Waals surface area contributed by atoms with Gasteiger partial charge in [-0.2, -0.15) is 4.37 Å². The fourth-order valence-corrected chi connectivity index (χ4v) is 3.30. The van der Waals surface area contributed by atoms with Crippen LogP contribution >= 0.6 is 11.5 Å². The third-order valence-corrected chi connectivity index (χ3v) is 4.80. The quantitative estimate of drug-likeness (QED) is 0.885. The van der Waals surface area contributed by atoms with E-state index in [4.69, 9.17) is 0 Å². The molecule has 1 aliphatic rings. The number of benzene rings is 1. The van der Waals surface area contributed by atoms with Gasteiger partial charge in [0.1, 0.15) is 11.6 Å². The maximum atomic E-state index is 12.8. The third kappa shape index (κ3) is 4.48. The summed E-state index contributed by atoms with van der Waals surface area (Å²) in [5.74, 6) is 0.519. The Hall–Kier alpha value is -2.06. The van der Waals surface area contributed by atoms with Crippen LogP contribution in [0.4, 0.5) is 9.52 Å². The van der Waals surface area contributed by atoms with Crippen molar-refractivity contribution in [3.63, 3.8) is 0 Å². The topological polar surface area (TPSA) is 61.4 Å². The summed E-state index contributed by atoms with van der Waals surface area (Å²) in [6.45, 7) is 6.03. The fraction of sp³-hybridized carbons (Fsp3) is 0.438. The van der Waals surface area contributed by atoms with Gasteiger partial charge in [-0.05, 0) is 24.6 Å². The Bertz CT molecular complexity index is 682. The van der Waals surface area contributed by atoms with Crippen molar-refractivity contribution in [3.8, 4) is 0 Å². The summed E-state index contributed by atoms with van der Waals surface area (Å²) in [6.07, 6.45) is 0. The van der Waals surface area contributed by atoms with Gasteiger partial charge in [0.15, 0.2) is 0 Å². The second kappa shape index (κ2) is 7.67. The molecule has 0 unspecified atom stereocenters. The van der Waals surface area contributed by atoms with Gasteiger partial charge in [-0.15, -0.1) is 0 Å². The first-order valence-corrected chi connectivity index (χ1v) is 8.66. The number of nitrogens with one attached hydrogen (secondary N) is 1. The highest BCUT2D eigenvalue weighted by Gasteiger charge is 2.21. The molecule has 0 spiro atoms. The zero-order valence-electron chi connectivity index (χ0n) is 13.5. The maximum Gasteiger partial charge on any atom is 0.234 e. The van der Waals surface area contributed by atoms with Gasteiger partial charge in [0, 0.05) is 44.3 Å². The van der Waals surface area contributed by atoms with Crippen LogP contribution in [0.25, 0.3) is 0 Å². The van der Waals surface area contributed by atoms with Crippen LogP contribution in [0.15, 0.2) is 24.3 Å². The number of nitrogens with zero attached hydrogens (tertiary/aromatic N) is 4. The summed E-state index contributed by atoms with van der Waals surface area (Å²) in [7, 11) is 0. The van der Waals surface area contributed by atoms with Crippen LogP contribution < -0.4 is 10.2 Å². The summed E-state index contributed by atoms with van der Waals surface area (Å²) in [4.78, 5) is 20.8. The van der Waals surface area contributed by atoms with Crippen molar-refractivity contribution in [2.24, 2.45) is 0 Å². The van der Waals surface area contributed by atoms with Crippen LogP contribution in [-0.2, 0) is 11.3 Å². The predicted octanol–water partition coefficient (Wildman–Crippen LogP) is 1.42. The van der Waals surface area contributed by atoms with Gasteiger partial charge in [0.25, 0.3) is 0 Å². The van der Waals surface area contributed by atoms with E-state index in [2.05, 4.69) is 24.5 Å². The van der Waals surface area contributed by atoms with Crippen molar-refractivity contribution in [1.82, 2.24) is 19.6 Å². The summed E-state index contributed by atoms with van der Waals surface area (Å²) in [5, 5.41) is 3.83. The second-order valence-corrected chi connectivity index (χ2v) is 6.52. The average Bonchev–Trinajstić information content (AvgIpc) is 3.01. The van der Waals surface area contributed by atoms with E-state index < -0.39 is 0 Å². The van der Waals surface area contributed by atoms with Crippen LogP contribution in [0, 0.1) is 12.7 Å². The van der Waals surface area contributed by atoms with Gasteiger partial charge in [-0.1, -0.05) is 12.1 Å². The van der Waals surface area contributed by atoms with Crippen molar-refractivity contribution in [2.75, 3.05) is 37.6 Å². The van der Waals surface area contributed by atoms with Crippen LogP contribution in [0.3, 0.4) is 0 Å². The van der Waals surface area contributed by atoms with Gasteiger partial charge in [0.2, 0.25) is 11.0 Å². The second-order valence-electron chi connectivity index (χ2n) is 5.79. The zero-order chi connectivity index (χ0) is 16.9. The molecule has 0 aliphatic carbocycles. The molecule has 1 aromatic heterocycles. The zero-order valence-corrected chi connectivity index (χ0v) is 14.4. The minimum Gasteiger partial charge on any atom is -0.351 e. The van der Waals surface area contributed by atoms with Gasteiger partial charge in [-0.3, -0.25) is 9.69 Å². The molecular weight excluding hydrogens is 329 g/mol. The Morgan fingerprint density at radius 2 is 1.96 bits per heavy atom. The SMILES string of the molecule is Cc1nsc(N2CCN(CC(=O)NCc3ccc(F)cc3)CC2)n1. The molecule has 2 aromatic rings. The van der Waals surface area contributed by atoms with Gasteiger partial charge in [-0.25, -0.2) is 9.37 Å². The number of hydrogen-bond acceptors (Lipinski definition) is 6. The summed E-state index contributed by atoms with van der Waals surface area (Å²) in [5.41, 5.74) is 0.890. The van der Waals surface area contributed by atoms with Crippen LogP contribution in [0.5, 0.6) is 0 Å². The van der Waals surface area contributed by atoms with E-state index in [1.54, 1.807) is 12.1 Å². The molecule has 8 heteroatoms. The lowest BCUT2D eigenvalue weighted by molar-refractivity contribution is -0.122. The van der Waals surface area contributed by atoms with E-state index in [0.29, 0.717) is 13.1 Å². The number of piperazine rings is 1. The molecule has 6 nitrogen and oxygen atoms in total. The minimum atomic E-state index is -0.270. The maximum absolute atomic E-state index is 12.8. The van der Waals surface area contributed by atoms with Crippen LogP contribution in [0.1, 0.15) is 11.4 Å². The molecule has 2 heterocycles. The molecule has 1 N–H and O–H groups in total. The lowest BCUT2D eigenvalue weighted by Crippen LogP contribution is -2.49. The normalized spacial score (nSPS) is 15.5. The Kier molecular flexibility index (Phi) is 5.37. The number of hydrogen-bond donors (Lipinski definition) is 1. The van der Waals surface area contributed by atoms with Crippen LogP contribution in [-0.4, -0.2) is 52.9 Å². The summed E-state index contributed by atoms with van der Waals surface area (Å²) in [6, 6.07) is 6.16. The Morgan fingerprint density at radius 3 is 2.58 bits per heavy atom. The molecular formula is C16H20FN5OS. The predicted molar refractivity (Wildman–Crippen MR) is 91.5 cm³/mol. The molecule has 1 saturated heterocycles. The number of aryl methyl sites for hydroxylation is 1. The van der Waals surface area contributed by atoms with Crippen molar-refractivity contribution in [3.05, 3.63) is 41.5 Å². The van der Waals surface area contributed by atoms with Gasteiger partial charge >= 0.3 is 0 Å². The van der Waals surface area contributed by atoms with Crippen LogP contribution in [0.2, 0.25) is 0 Å². The largest absolute Gasteiger partial charge is 0.351 e. The molecule has 0 saturated carbocycles. The molecule has 1 aliphatic heterocycles. The standard InChI is InChI=1S/C16H20FN5OS/c1-12-19-16(24-20-12)22-8-6-21(7-9-22)11-15(23)18-10-13-2-4-14(17)5-3-13/h2-5H,6-11H2,1H3,(H,18,23). The van der Waals surface area contributed by atoms with E-state index >= 15 is 0 Å². The first-order chi connectivity index (χ1) is 11.6.